The molecule has 12 heteroatoms. The second kappa shape index (κ2) is 10.1. The molecule has 2 amide bonds. The molecule has 6 rings (SSSR count). The summed E-state index contributed by atoms with van der Waals surface area (Å²) in [6.07, 6.45) is 0.684. The number of ether oxygens (including phenoxy) is 2. The van der Waals surface area contributed by atoms with Crippen molar-refractivity contribution in [2.75, 3.05) is 13.2 Å². The van der Waals surface area contributed by atoms with E-state index in [1.54, 1.807) is 38.6 Å². The van der Waals surface area contributed by atoms with Crippen molar-refractivity contribution in [2.45, 2.75) is 49.4 Å². The number of para-hydroxylation sites is 1. The van der Waals surface area contributed by atoms with Gasteiger partial charge in [-0.05, 0) is 43.1 Å². The van der Waals surface area contributed by atoms with Gasteiger partial charge in [-0.3, -0.25) is 19.3 Å². The van der Waals surface area contributed by atoms with Crippen LogP contribution in [0.3, 0.4) is 0 Å². The summed E-state index contributed by atoms with van der Waals surface area (Å²) in [5.41, 5.74) is 0.807. The minimum atomic E-state index is -1.20. The SMILES string of the molecule is CCOC(=O)COc1ccccc1[C@H]1c2sc(=O)[nH]c2SC2C3CC(C4C(=O)N(C(C(=O)O)C(C)C)C(=O)C34)C21. The third-order valence-electron chi connectivity index (χ3n) is 8.83. The van der Waals surface area contributed by atoms with Crippen LogP contribution in [0.1, 0.15) is 43.6 Å². The smallest absolute Gasteiger partial charge is 0.344 e. The maximum absolute atomic E-state index is 13.8. The second-order valence-electron chi connectivity index (χ2n) is 11.2. The molecule has 4 aliphatic rings. The van der Waals surface area contributed by atoms with Crippen molar-refractivity contribution >= 4 is 46.9 Å². The summed E-state index contributed by atoms with van der Waals surface area (Å²) in [5, 5.41) is 10.6. The van der Waals surface area contributed by atoms with Crippen molar-refractivity contribution < 1.29 is 33.8 Å². The molecular weight excluding hydrogens is 556 g/mol. The Morgan fingerprint density at radius 3 is 2.50 bits per heavy atom. The van der Waals surface area contributed by atoms with E-state index in [9.17, 15) is 29.1 Å². The number of rotatable bonds is 8. The highest BCUT2D eigenvalue weighted by Crippen LogP contribution is 2.69. The monoisotopic (exact) mass is 586 g/mol. The van der Waals surface area contributed by atoms with Crippen LogP contribution in [-0.4, -0.2) is 63.2 Å². The highest BCUT2D eigenvalue weighted by Gasteiger charge is 2.70. The van der Waals surface area contributed by atoms with Crippen LogP contribution in [0.5, 0.6) is 5.75 Å². The lowest BCUT2D eigenvalue weighted by molar-refractivity contribution is -0.157. The van der Waals surface area contributed by atoms with E-state index in [1.165, 1.54) is 0 Å². The average Bonchev–Trinajstić information content (AvgIpc) is 3.63. The minimum Gasteiger partial charge on any atom is -0.482 e. The molecule has 0 spiro atoms. The van der Waals surface area contributed by atoms with Crippen molar-refractivity contribution in [1.29, 1.82) is 0 Å². The summed E-state index contributed by atoms with van der Waals surface area (Å²) in [6.45, 7) is 5.11. The molecule has 3 fully saturated rings. The van der Waals surface area contributed by atoms with Gasteiger partial charge in [-0.2, -0.15) is 0 Å². The van der Waals surface area contributed by atoms with E-state index in [0.29, 0.717) is 12.2 Å². The number of H-pyrrole nitrogens is 1. The number of carboxylic acid groups (broad SMARTS) is 1. The Balaban J connectivity index is 1.40. The largest absolute Gasteiger partial charge is 0.482 e. The number of aromatic amines is 1. The van der Waals surface area contributed by atoms with E-state index in [4.69, 9.17) is 9.47 Å². The van der Waals surface area contributed by atoms with Crippen LogP contribution in [-0.2, 0) is 23.9 Å². The summed E-state index contributed by atoms with van der Waals surface area (Å²) in [4.78, 5) is 68.9. The van der Waals surface area contributed by atoms with E-state index >= 15 is 0 Å². The molecule has 2 N–H and O–H groups in total. The summed E-state index contributed by atoms with van der Waals surface area (Å²) >= 11 is 2.69. The summed E-state index contributed by atoms with van der Waals surface area (Å²) in [6, 6.07) is 6.18. The standard InChI is InChI=1S/C28H30N2O8S2/c1-4-37-16(31)10-38-15-8-6-5-7-12(15)17-18-13-9-14(22(18)39-24-23(17)40-28(36)29-24)20-19(13)25(32)30(26(20)33)21(11(2)3)27(34)35/h5-8,11,13-14,17-22H,4,9-10H2,1-3H3,(H,29,36)(H,34,35)/t13?,14?,17-,18?,19?,20?,21?,22?/m1/s1. The van der Waals surface area contributed by atoms with Gasteiger partial charge in [-0.1, -0.05) is 43.4 Å². The highest BCUT2D eigenvalue weighted by atomic mass is 32.2. The number of fused-ring (bicyclic) bond motifs is 9. The molecule has 2 aliphatic carbocycles. The van der Waals surface area contributed by atoms with E-state index in [1.807, 2.05) is 18.2 Å². The molecule has 10 nitrogen and oxygen atoms in total. The zero-order chi connectivity index (χ0) is 28.5. The lowest BCUT2D eigenvalue weighted by Gasteiger charge is -2.43. The Labute approximate surface area is 238 Å². The van der Waals surface area contributed by atoms with E-state index in [0.717, 1.165) is 31.7 Å². The quantitative estimate of drug-likeness (QED) is 0.353. The number of nitrogens with one attached hydrogen (secondary N) is 1. The first-order chi connectivity index (χ1) is 19.1. The van der Waals surface area contributed by atoms with Crippen LogP contribution < -0.4 is 9.61 Å². The molecule has 2 aromatic rings. The lowest BCUT2D eigenvalue weighted by atomic mass is 9.68. The van der Waals surface area contributed by atoms with Crippen molar-refractivity contribution in [3.8, 4) is 5.75 Å². The maximum atomic E-state index is 13.8. The van der Waals surface area contributed by atoms with Crippen LogP contribution in [0.25, 0.3) is 0 Å². The molecule has 2 saturated carbocycles. The number of carbonyl (C=O) groups excluding carboxylic acids is 3. The number of benzene rings is 1. The number of carbonyl (C=O) groups is 4. The Morgan fingerprint density at radius 1 is 1.12 bits per heavy atom. The number of esters is 1. The van der Waals surface area contributed by atoms with Crippen molar-refractivity contribution in [3.05, 3.63) is 44.4 Å². The number of nitrogens with zero attached hydrogens (tertiary/aromatic N) is 1. The maximum Gasteiger partial charge on any atom is 0.344 e. The molecule has 212 valence electrons. The van der Waals surface area contributed by atoms with Crippen LogP contribution >= 0.6 is 23.1 Å². The van der Waals surface area contributed by atoms with E-state index in [-0.39, 0.29) is 52.9 Å². The van der Waals surface area contributed by atoms with Gasteiger partial charge in [0.15, 0.2) is 6.61 Å². The number of imide groups is 1. The van der Waals surface area contributed by atoms with Gasteiger partial charge < -0.3 is 19.6 Å². The number of thiazole rings is 1. The molecule has 1 aromatic carbocycles. The van der Waals surface area contributed by atoms with Gasteiger partial charge in [0.25, 0.3) is 0 Å². The van der Waals surface area contributed by atoms with Crippen LogP contribution in [0.4, 0.5) is 0 Å². The predicted molar refractivity (Wildman–Crippen MR) is 145 cm³/mol. The Morgan fingerprint density at radius 2 is 1.82 bits per heavy atom. The van der Waals surface area contributed by atoms with Gasteiger partial charge in [-0.15, -0.1) is 11.8 Å². The number of hydrogen-bond acceptors (Lipinski definition) is 9. The number of amides is 2. The van der Waals surface area contributed by atoms with Crippen molar-refractivity contribution in [3.63, 3.8) is 0 Å². The number of hydrogen-bond donors (Lipinski definition) is 2. The fraction of sp³-hybridized carbons (Fsp3) is 0.536. The number of aromatic nitrogens is 1. The first kappa shape index (κ1) is 27.1. The number of thioether (sulfide) groups is 1. The number of likely N-dealkylation sites (tertiary alicyclic amines) is 1. The topological polar surface area (TPSA) is 143 Å². The van der Waals surface area contributed by atoms with Crippen LogP contribution in [0, 0.1) is 35.5 Å². The number of aliphatic carboxylic acids is 1. The molecular formula is C28H30N2O8S2. The predicted octanol–water partition coefficient (Wildman–Crippen LogP) is 2.96. The van der Waals surface area contributed by atoms with Crippen LogP contribution in [0.15, 0.2) is 34.1 Å². The Bertz CT molecular complexity index is 1450. The third-order valence-corrected chi connectivity index (χ3v) is 11.4. The van der Waals surface area contributed by atoms with Gasteiger partial charge in [0.2, 0.25) is 11.8 Å². The van der Waals surface area contributed by atoms with E-state index < -0.39 is 41.6 Å². The molecule has 2 bridgehead atoms. The second-order valence-corrected chi connectivity index (χ2v) is 13.4. The summed E-state index contributed by atoms with van der Waals surface area (Å²) < 4.78 is 10.9. The van der Waals surface area contributed by atoms with E-state index in [2.05, 4.69) is 4.98 Å². The highest BCUT2D eigenvalue weighted by molar-refractivity contribution is 8.00. The van der Waals surface area contributed by atoms with Gasteiger partial charge in [0.05, 0.1) is 23.5 Å². The molecule has 40 heavy (non-hydrogen) atoms. The fourth-order valence-electron chi connectivity index (χ4n) is 7.56. The lowest BCUT2D eigenvalue weighted by Crippen LogP contribution is -2.49. The van der Waals surface area contributed by atoms with Crippen molar-refractivity contribution in [2.24, 2.45) is 35.5 Å². The molecule has 2 aliphatic heterocycles. The Hall–Kier alpha value is -3.12. The first-order valence-corrected chi connectivity index (χ1v) is 15.2. The summed E-state index contributed by atoms with van der Waals surface area (Å²) in [5.74, 6) is -4.19. The zero-order valence-corrected chi connectivity index (χ0v) is 23.8. The fourth-order valence-corrected chi connectivity index (χ4v) is 10.4. The molecule has 1 saturated heterocycles. The molecule has 0 radical (unpaired) electrons. The van der Waals surface area contributed by atoms with Gasteiger partial charge in [-0.25, -0.2) is 9.59 Å². The summed E-state index contributed by atoms with van der Waals surface area (Å²) in [7, 11) is 0. The average molecular weight is 587 g/mol. The number of carboxylic acids is 1. The molecule has 3 heterocycles. The first-order valence-electron chi connectivity index (χ1n) is 13.5. The minimum absolute atomic E-state index is 0.0499. The molecule has 8 atom stereocenters. The zero-order valence-electron chi connectivity index (χ0n) is 22.2. The van der Waals surface area contributed by atoms with Gasteiger partial charge >= 0.3 is 16.8 Å². The van der Waals surface area contributed by atoms with Crippen LogP contribution in [0.2, 0.25) is 0 Å². The Kier molecular flexibility index (Phi) is 6.81. The van der Waals surface area contributed by atoms with Crippen molar-refractivity contribution in [1.82, 2.24) is 9.88 Å². The third kappa shape index (κ3) is 4.01. The van der Waals surface area contributed by atoms with Gasteiger partial charge in [0.1, 0.15) is 11.8 Å². The molecule has 7 unspecified atom stereocenters. The van der Waals surface area contributed by atoms with Gasteiger partial charge in [0, 0.05) is 21.6 Å². The normalized spacial score (nSPS) is 30.7. The molecule has 1 aromatic heterocycles.